The Balaban J connectivity index is 2.09. The summed E-state index contributed by atoms with van der Waals surface area (Å²) >= 11 is 0. The van der Waals surface area contributed by atoms with Crippen molar-refractivity contribution in [3.05, 3.63) is 71.8 Å². The van der Waals surface area contributed by atoms with Gasteiger partial charge in [-0.2, -0.15) is 0 Å². The summed E-state index contributed by atoms with van der Waals surface area (Å²) in [6, 6.07) is 23.1. The molecule has 128 valence electrons. The third-order valence-corrected chi connectivity index (χ3v) is 5.86. The smallest absolute Gasteiger partial charge is 0.00235 e. The fourth-order valence-corrected chi connectivity index (χ4v) is 4.82. The molecule has 0 N–H and O–H groups in total. The van der Waals surface area contributed by atoms with Gasteiger partial charge in [0.25, 0.3) is 0 Å². The van der Waals surface area contributed by atoms with Crippen LogP contribution in [0.25, 0.3) is 43.1 Å². The standard InChI is InChI=1S/C26H24/c1-3-7-17-15-16-22-21-11-5-9-19-14-13-18(8-4-2)25(24(19)21)23-12-6-10-20(17)26(22)23/h5-6,9-16H,3-4,7-8H2,1-2H3. The number of hydrogen-bond acceptors (Lipinski definition) is 0. The molecule has 0 saturated carbocycles. The highest BCUT2D eigenvalue weighted by Gasteiger charge is 2.16. The predicted molar refractivity (Wildman–Crippen MR) is 116 cm³/mol. The normalized spacial score (nSPS) is 12.1. The number of hydrogen-bond donors (Lipinski definition) is 0. The lowest BCUT2D eigenvalue weighted by Gasteiger charge is -2.18. The van der Waals surface area contributed by atoms with Crippen molar-refractivity contribution >= 4 is 43.1 Å². The molecule has 0 aliphatic carbocycles. The highest BCUT2D eigenvalue weighted by Crippen LogP contribution is 2.42. The quantitative estimate of drug-likeness (QED) is 0.233. The van der Waals surface area contributed by atoms with Crippen LogP contribution in [0.15, 0.2) is 60.7 Å². The lowest BCUT2D eigenvalue weighted by atomic mass is 9.85. The van der Waals surface area contributed by atoms with Gasteiger partial charge >= 0.3 is 0 Å². The van der Waals surface area contributed by atoms with Crippen LogP contribution in [0.5, 0.6) is 0 Å². The Hall–Kier alpha value is -2.60. The molecule has 0 unspecified atom stereocenters. The number of aryl methyl sites for hydroxylation is 2. The highest BCUT2D eigenvalue weighted by atomic mass is 14.2. The van der Waals surface area contributed by atoms with Crippen LogP contribution in [-0.2, 0) is 12.8 Å². The number of benzene rings is 5. The first-order valence-corrected chi connectivity index (χ1v) is 9.93. The molecular weight excluding hydrogens is 312 g/mol. The molecule has 0 aliphatic heterocycles. The molecule has 0 heteroatoms. The molecule has 0 aliphatic rings. The van der Waals surface area contributed by atoms with Crippen molar-refractivity contribution < 1.29 is 0 Å². The van der Waals surface area contributed by atoms with Gasteiger partial charge in [-0.05, 0) is 67.1 Å². The average molecular weight is 336 g/mol. The Labute approximate surface area is 154 Å². The van der Waals surface area contributed by atoms with E-state index in [1.807, 2.05) is 0 Å². The van der Waals surface area contributed by atoms with Gasteiger partial charge in [0.15, 0.2) is 0 Å². The van der Waals surface area contributed by atoms with E-state index in [-0.39, 0.29) is 0 Å². The van der Waals surface area contributed by atoms with Crippen LogP contribution in [0.1, 0.15) is 37.8 Å². The molecule has 0 aromatic heterocycles. The molecule has 0 nitrogen and oxygen atoms in total. The van der Waals surface area contributed by atoms with E-state index in [1.54, 1.807) is 0 Å². The van der Waals surface area contributed by atoms with Crippen LogP contribution < -0.4 is 0 Å². The van der Waals surface area contributed by atoms with Crippen molar-refractivity contribution in [3.8, 4) is 0 Å². The van der Waals surface area contributed by atoms with E-state index in [0.29, 0.717) is 0 Å². The minimum absolute atomic E-state index is 1.14. The molecule has 5 aromatic rings. The van der Waals surface area contributed by atoms with E-state index in [9.17, 15) is 0 Å². The first-order chi connectivity index (χ1) is 12.8. The van der Waals surface area contributed by atoms with Gasteiger partial charge in [0.1, 0.15) is 0 Å². The second-order valence-corrected chi connectivity index (χ2v) is 7.50. The maximum absolute atomic E-state index is 2.36. The third kappa shape index (κ3) is 2.08. The zero-order valence-electron chi connectivity index (χ0n) is 15.6. The van der Waals surface area contributed by atoms with Crippen LogP contribution >= 0.6 is 0 Å². The zero-order chi connectivity index (χ0) is 17.7. The molecule has 0 bridgehead atoms. The molecule has 5 rings (SSSR count). The van der Waals surface area contributed by atoms with Gasteiger partial charge in [0.2, 0.25) is 0 Å². The summed E-state index contributed by atoms with van der Waals surface area (Å²) < 4.78 is 0. The summed E-state index contributed by atoms with van der Waals surface area (Å²) in [5.41, 5.74) is 2.98. The lowest BCUT2D eigenvalue weighted by molar-refractivity contribution is 0.929. The van der Waals surface area contributed by atoms with Crippen molar-refractivity contribution in [1.29, 1.82) is 0 Å². The Morgan fingerprint density at radius 3 is 2.00 bits per heavy atom. The molecule has 0 radical (unpaired) electrons. The molecule has 0 fully saturated rings. The van der Waals surface area contributed by atoms with Gasteiger partial charge in [-0.1, -0.05) is 87.4 Å². The molecule has 0 saturated heterocycles. The maximum Gasteiger partial charge on any atom is -0.00235 e. The summed E-state index contributed by atoms with van der Waals surface area (Å²) in [6.07, 6.45) is 4.65. The van der Waals surface area contributed by atoms with Crippen LogP contribution in [-0.4, -0.2) is 0 Å². The average Bonchev–Trinajstić information content (AvgIpc) is 2.68. The second-order valence-electron chi connectivity index (χ2n) is 7.50. The van der Waals surface area contributed by atoms with Crippen LogP contribution in [0.4, 0.5) is 0 Å². The van der Waals surface area contributed by atoms with Gasteiger partial charge in [-0.3, -0.25) is 0 Å². The second kappa shape index (κ2) is 5.99. The molecule has 0 spiro atoms. The Morgan fingerprint density at radius 1 is 0.500 bits per heavy atom. The van der Waals surface area contributed by atoms with E-state index in [0.717, 1.165) is 12.8 Å². The Morgan fingerprint density at radius 2 is 1.15 bits per heavy atom. The van der Waals surface area contributed by atoms with E-state index >= 15 is 0 Å². The molecular formula is C26H24. The van der Waals surface area contributed by atoms with E-state index in [2.05, 4.69) is 74.5 Å². The topological polar surface area (TPSA) is 0 Å². The Bertz CT molecular complexity index is 1240. The first-order valence-electron chi connectivity index (χ1n) is 9.93. The van der Waals surface area contributed by atoms with Gasteiger partial charge in [-0.25, -0.2) is 0 Å². The summed E-state index contributed by atoms with van der Waals surface area (Å²) in [7, 11) is 0. The van der Waals surface area contributed by atoms with Crippen LogP contribution in [0.2, 0.25) is 0 Å². The fourth-order valence-electron chi connectivity index (χ4n) is 4.82. The lowest BCUT2D eigenvalue weighted by Crippen LogP contribution is -1.94. The van der Waals surface area contributed by atoms with E-state index in [4.69, 9.17) is 0 Å². The summed E-state index contributed by atoms with van der Waals surface area (Å²) in [5, 5.41) is 11.4. The van der Waals surface area contributed by atoms with Crippen LogP contribution in [0, 0.1) is 0 Å². The zero-order valence-corrected chi connectivity index (χ0v) is 15.6. The highest BCUT2D eigenvalue weighted by molar-refractivity contribution is 6.33. The van der Waals surface area contributed by atoms with Crippen molar-refractivity contribution in [3.63, 3.8) is 0 Å². The van der Waals surface area contributed by atoms with Gasteiger partial charge < -0.3 is 0 Å². The van der Waals surface area contributed by atoms with Crippen molar-refractivity contribution in [1.82, 2.24) is 0 Å². The SMILES string of the molecule is CCCc1ccc2c3cccc4ccc(CCC)c(c5cccc1c25)c43. The minimum atomic E-state index is 1.14. The van der Waals surface area contributed by atoms with Crippen molar-refractivity contribution in [2.45, 2.75) is 39.5 Å². The molecule has 0 amide bonds. The van der Waals surface area contributed by atoms with Gasteiger partial charge in [0.05, 0.1) is 0 Å². The van der Waals surface area contributed by atoms with E-state index in [1.165, 1.54) is 67.1 Å². The molecule has 0 atom stereocenters. The van der Waals surface area contributed by atoms with Crippen molar-refractivity contribution in [2.75, 3.05) is 0 Å². The van der Waals surface area contributed by atoms with Crippen LogP contribution in [0.3, 0.4) is 0 Å². The van der Waals surface area contributed by atoms with Gasteiger partial charge in [0, 0.05) is 0 Å². The predicted octanol–water partition coefficient (Wildman–Crippen LogP) is 7.64. The third-order valence-electron chi connectivity index (χ3n) is 5.86. The maximum atomic E-state index is 2.36. The first kappa shape index (κ1) is 15.6. The molecule has 5 aromatic carbocycles. The van der Waals surface area contributed by atoms with E-state index < -0.39 is 0 Å². The molecule has 0 heterocycles. The summed E-state index contributed by atoms with van der Waals surface area (Å²) in [5.74, 6) is 0. The number of fused-ring (bicyclic) bond motifs is 2. The Kier molecular flexibility index (Phi) is 3.60. The van der Waals surface area contributed by atoms with Crippen molar-refractivity contribution in [2.24, 2.45) is 0 Å². The summed E-state index contributed by atoms with van der Waals surface area (Å²) in [4.78, 5) is 0. The minimum Gasteiger partial charge on any atom is -0.0651 e. The monoisotopic (exact) mass is 336 g/mol. The largest absolute Gasteiger partial charge is 0.0651 e. The number of rotatable bonds is 4. The summed E-state index contributed by atoms with van der Waals surface area (Å²) in [6.45, 7) is 4.55. The van der Waals surface area contributed by atoms with Gasteiger partial charge in [-0.15, -0.1) is 0 Å². The molecule has 26 heavy (non-hydrogen) atoms. The fraction of sp³-hybridized carbons (Fsp3) is 0.231.